The number of hydrogen-bond acceptors (Lipinski definition) is 1. The van der Waals surface area contributed by atoms with E-state index in [-0.39, 0.29) is 12.4 Å². The van der Waals surface area contributed by atoms with Crippen molar-refractivity contribution in [2.75, 3.05) is 33.9 Å². The number of hydrogen-bond donors (Lipinski definition) is 1. The van der Waals surface area contributed by atoms with E-state index >= 15 is 0 Å². The van der Waals surface area contributed by atoms with E-state index in [0.29, 0.717) is 0 Å². The maximum Gasteiger partial charge on any atom is 0.100 e. The smallest absolute Gasteiger partial charge is 0.100 e. The molecule has 0 aromatic rings. The average molecular weight is 376 g/mol. The molecular formula is C22H46ClNO. The second-order valence-electron chi connectivity index (χ2n) is 7.51. The third-order valence-electron chi connectivity index (χ3n) is 4.55. The molecule has 0 heterocycles. The first-order valence-electron chi connectivity index (χ1n) is 10.8. The van der Waals surface area contributed by atoms with Crippen LogP contribution < -0.4 is 17.3 Å². The lowest BCUT2D eigenvalue weighted by atomic mass is 10.1. The van der Waals surface area contributed by atoms with E-state index in [4.69, 9.17) is 4.74 Å². The summed E-state index contributed by atoms with van der Waals surface area (Å²) < 4.78 is 5.63. The SMILES string of the molecule is CCCCCCCC/C=C\CCCCCCCCOCC[NH+](C)C.[Cl-]. The molecular weight excluding hydrogens is 330 g/mol. The molecule has 3 heteroatoms. The highest BCUT2D eigenvalue weighted by Gasteiger charge is 1.94. The number of allylic oxidation sites excluding steroid dienone is 2. The number of nitrogens with one attached hydrogen (secondary N) is 1. The highest BCUT2D eigenvalue weighted by atomic mass is 35.5. The van der Waals surface area contributed by atoms with Crippen LogP contribution >= 0.6 is 0 Å². The van der Waals surface area contributed by atoms with Crippen molar-refractivity contribution >= 4 is 0 Å². The van der Waals surface area contributed by atoms with Crippen molar-refractivity contribution in [2.24, 2.45) is 0 Å². The largest absolute Gasteiger partial charge is 1.00 e. The summed E-state index contributed by atoms with van der Waals surface area (Å²) in [6, 6.07) is 0. The minimum absolute atomic E-state index is 0. The number of halogens is 1. The molecule has 0 aliphatic rings. The molecule has 0 rings (SSSR count). The van der Waals surface area contributed by atoms with Gasteiger partial charge in [-0.15, -0.1) is 0 Å². The summed E-state index contributed by atoms with van der Waals surface area (Å²) in [4.78, 5) is 1.47. The van der Waals surface area contributed by atoms with Gasteiger partial charge in [-0.05, 0) is 32.1 Å². The third-order valence-corrected chi connectivity index (χ3v) is 4.55. The van der Waals surface area contributed by atoms with Gasteiger partial charge < -0.3 is 22.0 Å². The zero-order valence-corrected chi connectivity index (χ0v) is 18.2. The van der Waals surface area contributed by atoms with Gasteiger partial charge >= 0.3 is 0 Å². The summed E-state index contributed by atoms with van der Waals surface area (Å²) in [5.41, 5.74) is 0. The van der Waals surface area contributed by atoms with Crippen LogP contribution in [0.3, 0.4) is 0 Å². The van der Waals surface area contributed by atoms with Crippen LogP contribution in [0.5, 0.6) is 0 Å². The van der Waals surface area contributed by atoms with Crippen LogP contribution in [0.4, 0.5) is 0 Å². The molecule has 0 aliphatic carbocycles. The quantitative estimate of drug-likeness (QED) is 0.270. The molecule has 25 heavy (non-hydrogen) atoms. The Bertz CT molecular complexity index is 256. The molecule has 0 spiro atoms. The van der Waals surface area contributed by atoms with E-state index in [0.717, 1.165) is 19.8 Å². The standard InChI is InChI=1S/C22H45NO.ClH/c1-4-5-6-7-8-9-10-11-12-13-14-15-16-17-18-19-21-24-22-20-23(2)3;/h11-12H,4-10,13-22H2,1-3H3;1H/b12-11-;. The normalized spacial score (nSPS) is 11.4. The molecule has 1 N–H and O–H groups in total. The van der Waals surface area contributed by atoms with Gasteiger partial charge in [0.1, 0.15) is 6.54 Å². The molecule has 0 atom stereocenters. The van der Waals surface area contributed by atoms with Crippen LogP contribution in [0.2, 0.25) is 0 Å². The molecule has 0 radical (unpaired) electrons. The summed E-state index contributed by atoms with van der Waals surface area (Å²) in [7, 11) is 4.35. The Morgan fingerprint density at radius 3 is 1.64 bits per heavy atom. The van der Waals surface area contributed by atoms with E-state index in [1.165, 1.54) is 94.8 Å². The van der Waals surface area contributed by atoms with Crippen molar-refractivity contribution in [3.05, 3.63) is 12.2 Å². The van der Waals surface area contributed by atoms with Gasteiger partial charge in [0.25, 0.3) is 0 Å². The minimum Gasteiger partial charge on any atom is -1.00 e. The number of rotatable bonds is 19. The van der Waals surface area contributed by atoms with Crippen molar-refractivity contribution in [2.45, 2.75) is 96.8 Å². The lowest BCUT2D eigenvalue weighted by Gasteiger charge is -2.07. The fourth-order valence-corrected chi connectivity index (χ4v) is 2.83. The van der Waals surface area contributed by atoms with E-state index in [2.05, 4.69) is 33.2 Å². The molecule has 0 bridgehead atoms. The fourth-order valence-electron chi connectivity index (χ4n) is 2.83. The Labute approximate surface area is 165 Å². The molecule has 2 nitrogen and oxygen atoms in total. The minimum atomic E-state index is 0. The highest BCUT2D eigenvalue weighted by molar-refractivity contribution is 4.81. The van der Waals surface area contributed by atoms with Gasteiger partial charge in [0.05, 0.1) is 20.7 Å². The molecule has 0 aliphatic heterocycles. The van der Waals surface area contributed by atoms with E-state index in [1.807, 2.05) is 0 Å². The zero-order valence-electron chi connectivity index (χ0n) is 17.5. The molecule has 0 saturated carbocycles. The van der Waals surface area contributed by atoms with Crippen LogP contribution in [0.25, 0.3) is 0 Å². The zero-order chi connectivity index (χ0) is 17.7. The predicted octanol–water partition coefficient (Wildman–Crippen LogP) is 2.19. The van der Waals surface area contributed by atoms with Gasteiger partial charge in [-0.2, -0.15) is 0 Å². The molecule has 0 aromatic heterocycles. The van der Waals surface area contributed by atoms with Crippen LogP contribution in [0, 0.1) is 0 Å². The molecule has 0 fully saturated rings. The molecule has 0 aromatic carbocycles. The van der Waals surface area contributed by atoms with Crippen molar-refractivity contribution in [1.29, 1.82) is 0 Å². The highest BCUT2D eigenvalue weighted by Crippen LogP contribution is 2.09. The van der Waals surface area contributed by atoms with Crippen molar-refractivity contribution in [3.8, 4) is 0 Å². The van der Waals surface area contributed by atoms with Gasteiger partial charge in [-0.3, -0.25) is 0 Å². The Kier molecular flexibility index (Phi) is 26.0. The lowest BCUT2D eigenvalue weighted by molar-refractivity contribution is -0.858. The summed E-state index contributed by atoms with van der Waals surface area (Å²) in [6.45, 7) is 5.26. The Morgan fingerprint density at radius 2 is 1.12 bits per heavy atom. The first kappa shape index (κ1) is 27.2. The fraction of sp³-hybridized carbons (Fsp3) is 0.909. The van der Waals surface area contributed by atoms with E-state index < -0.39 is 0 Å². The van der Waals surface area contributed by atoms with Crippen LogP contribution in [-0.4, -0.2) is 33.9 Å². The van der Waals surface area contributed by atoms with Gasteiger partial charge in [0.15, 0.2) is 0 Å². The number of ether oxygens (including phenoxy) is 1. The molecule has 0 unspecified atom stereocenters. The topological polar surface area (TPSA) is 13.7 Å². The predicted molar refractivity (Wildman–Crippen MR) is 108 cm³/mol. The van der Waals surface area contributed by atoms with Gasteiger partial charge in [-0.25, -0.2) is 0 Å². The van der Waals surface area contributed by atoms with Crippen LogP contribution in [0.1, 0.15) is 96.8 Å². The maximum atomic E-state index is 5.63. The van der Waals surface area contributed by atoms with Gasteiger partial charge in [-0.1, -0.05) is 76.9 Å². The average Bonchev–Trinajstić information content (AvgIpc) is 2.56. The summed E-state index contributed by atoms with van der Waals surface area (Å²) in [5, 5.41) is 0. The number of quaternary nitrogens is 1. The summed E-state index contributed by atoms with van der Waals surface area (Å²) in [6.07, 6.45) is 24.0. The third kappa shape index (κ3) is 26.3. The Balaban J connectivity index is 0. The lowest BCUT2D eigenvalue weighted by Crippen LogP contribution is -3.06. The van der Waals surface area contributed by atoms with Crippen molar-refractivity contribution in [3.63, 3.8) is 0 Å². The molecule has 0 saturated heterocycles. The molecule has 0 amide bonds. The second-order valence-corrected chi connectivity index (χ2v) is 7.51. The second kappa shape index (κ2) is 23.9. The van der Waals surface area contributed by atoms with Crippen LogP contribution in [-0.2, 0) is 4.74 Å². The van der Waals surface area contributed by atoms with Crippen molar-refractivity contribution in [1.82, 2.24) is 0 Å². The molecule has 152 valence electrons. The number of likely N-dealkylation sites (N-methyl/N-ethyl adjacent to an activating group) is 1. The Morgan fingerprint density at radius 1 is 0.640 bits per heavy atom. The first-order valence-corrected chi connectivity index (χ1v) is 10.8. The summed E-state index contributed by atoms with van der Waals surface area (Å²) >= 11 is 0. The van der Waals surface area contributed by atoms with E-state index in [1.54, 1.807) is 0 Å². The van der Waals surface area contributed by atoms with Crippen molar-refractivity contribution < 1.29 is 22.0 Å². The summed E-state index contributed by atoms with van der Waals surface area (Å²) in [5.74, 6) is 0. The Hall–Kier alpha value is -0.0500. The van der Waals surface area contributed by atoms with Gasteiger partial charge in [0.2, 0.25) is 0 Å². The first-order chi connectivity index (χ1) is 11.8. The maximum absolute atomic E-state index is 5.63. The number of unbranched alkanes of at least 4 members (excludes halogenated alkanes) is 12. The van der Waals surface area contributed by atoms with Crippen LogP contribution in [0.15, 0.2) is 12.2 Å². The van der Waals surface area contributed by atoms with Gasteiger partial charge in [0, 0.05) is 6.61 Å². The van der Waals surface area contributed by atoms with E-state index in [9.17, 15) is 0 Å². The monoisotopic (exact) mass is 375 g/mol.